The van der Waals surface area contributed by atoms with Crippen molar-refractivity contribution in [3.63, 3.8) is 0 Å². The summed E-state index contributed by atoms with van der Waals surface area (Å²) in [5.41, 5.74) is 5.88. The number of hydrazone groups is 1. The van der Waals surface area contributed by atoms with Crippen LogP contribution in [0.3, 0.4) is 0 Å². The van der Waals surface area contributed by atoms with Gasteiger partial charge in [0.05, 0.1) is 6.21 Å². The Kier molecular flexibility index (Phi) is 5.16. The molecule has 5 heteroatoms. The van der Waals surface area contributed by atoms with Crippen molar-refractivity contribution in [2.45, 2.75) is 0 Å². The molecule has 0 radical (unpaired) electrons. The number of carbonyl (C=O) groups excluding carboxylic acids is 1. The second-order valence-corrected chi connectivity index (χ2v) is 5.40. The van der Waals surface area contributed by atoms with E-state index in [1.54, 1.807) is 30.6 Å². The summed E-state index contributed by atoms with van der Waals surface area (Å²) in [5, 5.41) is 3.97. The van der Waals surface area contributed by atoms with Crippen LogP contribution in [-0.2, 0) is 0 Å². The Balaban J connectivity index is 1.62. The standard InChI is InChI=1S/C20H18N4O/c1-24(17-7-3-2-4-8-17)18-12-10-16(11-13-18)15-22-23-20(25)19-9-5-6-14-21-19/h2-15H,1H3,(H,23,25)/b22-15-. The van der Waals surface area contributed by atoms with E-state index in [4.69, 9.17) is 0 Å². The molecule has 0 spiro atoms. The number of rotatable bonds is 5. The molecule has 0 aliphatic carbocycles. The maximum atomic E-state index is 11.8. The number of aromatic nitrogens is 1. The summed E-state index contributed by atoms with van der Waals surface area (Å²) in [6.45, 7) is 0. The fraction of sp³-hybridized carbons (Fsp3) is 0.0500. The van der Waals surface area contributed by atoms with E-state index in [0.29, 0.717) is 5.69 Å². The predicted molar refractivity (Wildman–Crippen MR) is 100 cm³/mol. The third-order valence-corrected chi connectivity index (χ3v) is 3.70. The van der Waals surface area contributed by atoms with Crippen molar-refractivity contribution in [3.8, 4) is 0 Å². The van der Waals surface area contributed by atoms with Gasteiger partial charge < -0.3 is 4.90 Å². The zero-order valence-corrected chi connectivity index (χ0v) is 13.8. The molecule has 1 amide bonds. The summed E-state index contributed by atoms with van der Waals surface area (Å²) >= 11 is 0. The molecular weight excluding hydrogens is 312 g/mol. The van der Waals surface area contributed by atoms with Gasteiger partial charge in [0.2, 0.25) is 0 Å². The van der Waals surface area contributed by atoms with E-state index in [9.17, 15) is 4.79 Å². The van der Waals surface area contributed by atoms with Gasteiger partial charge in [-0.3, -0.25) is 9.78 Å². The molecule has 0 atom stereocenters. The Hall–Kier alpha value is -3.47. The van der Waals surface area contributed by atoms with E-state index in [1.165, 1.54) is 0 Å². The summed E-state index contributed by atoms with van der Waals surface area (Å²) in [6, 6.07) is 23.2. The van der Waals surface area contributed by atoms with Crippen molar-refractivity contribution in [2.75, 3.05) is 11.9 Å². The number of carbonyl (C=O) groups is 1. The molecule has 3 aromatic rings. The molecule has 0 saturated heterocycles. The molecule has 124 valence electrons. The number of nitrogens with one attached hydrogen (secondary N) is 1. The normalized spacial score (nSPS) is 10.6. The van der Waals surface area contributed by atoms with E-state index >= 15 is 0 Å². The van der Waals surface area contributed by atoms with Gasteiger partial charge in [-0.15, -0.1) is 0 Å². The van der Waals surface area contributed by atoms with Gasteiger partial charge in [-0.25, -0.2) is 5.43 Å². The molecule has 0 aliphatic heterocycles. The van der Waals surface area contributed by atoms with E-state index < -0.39 is 0 Å². The molecule has 3 rings (SSSR count). The van der Waals surface area contributed by atoms with Gasteiger partial charge in [-0.1, -0.05) is 36.4 Å². The van der Waals surface area contributed by atoms with Crippen molar-refractivity contribution in [1.29, 1.82) is 0 Å². The highest BCUT2D eigenvalue weighted by molar-refractivity contribution is 5.93. The molecule has 0 bridgehead atoms. The minimum absolute atomic E-state index is 0.333. The Morgan fingerprint density at radius 2 is 1.64 bits per heavy atom. The highest BCUT2D eigenvalue weighted by Crippen LogP contribution is 2.22. The third-order valence-electron chi connectivity index (χ3n) is 3.70. The zero-order valence-electron chi connectivity index (χ0n) is 13.8. The molecule has 0 aliphatic rings. The molecular formula is C20H18N4O. The SMILES string of the molecule is CN(c1ccccc1)c1ccc(/C=N\NC(=O)c2ccccn2)cc1. The van der Waals surface area contributed by atoms with Crippen molar-refractivity contribution in [3.05, 3.63) is 90.3 Å². The minimum atomic E-state index is -0.336. The second kappa shape index (κ2) is 7.88. The van der Waals surface area contributed by atoms with Crippen LogP contribution < -0.4 is 10.3 Å². The van der Waals surface area contributed by atoms with Gasteiger partial charge in [0.1, 0.15) is 5.69 Å². The van der Waals surface area contributed by atoms with Gasteiger partial charge in [-0.05, 0) is 42.0 Å². The van der Waals surface area contributed by atoms with Gasteiger partial charge in [0.15, 0.2) is 0 Å². The molecule has 1 N–H and O–H groups in total. The van der Waals surface area contributed by atoms with Gasteiger partial charge in [0.25, 0.3) is 5.91 Å². The summed E-state index contributed by atoms with van der Waals surface area (Å²) in [5.74, 6) is -0.336. The first-order valence-electron chi connectivity index (χ1n) is 7.87. The van der Waals surface area contributed by atoms with Gasteiger partial charge in [0, 0.05) is 24.6 Å². The number of benzene rings is 2. The number of hydrogen-bond acceptors (Lipinski definition) is 4. The molecule has 1 aromatic heterocycles. The predicted octanol–water partition coefficient (Wildman–Crippen LogP) is 3.61. The second-order valence-electron chi connectivity index (χ2n) is 5.40. The highest BCUT2D eigenvalue weighted by atomic mass is 16.2. The summed E-state index contributed by atoms with van der Waals surface area (Å²) in [4.78, 5) is 17.9. The maximum absolute atomic E-state index is 11.8. The maximum Gasteiger partial charge on any atom is 0.289 e. The number of pyridine rings is 1. The van der Waals surface area contributed by atoms with E-state index in [0.717, 1.165) is 16.9 Å². The molecule has 0 fully saturated rings. The lowest BCUT2D eigenvalue weighted by Gasteiger charge is -2.19. The lowest BCUT2D eigenvalue weighted by Crippen LogP contribution is -2.18. The van der Waals surface area contributed by atoms with Crippen LogP contribution in [-0.4, -0.2) is 24.2 Å². The largest absolute Gasteiger partial charge is 0.345 e. The highest BCUT2D eigenvalue weighted by Gasteiger charge is 2.04. The lowest BCUT2D eigenvalue weighted by molar-refractivity contribution is 0.0950. The molecule has 25 heavy (non-hydrogen) atoms. The van der Waals surface area contributed by atoms with Crippen LogP contribution in [0.1, 0.15) is 16.1 Å². The molecule has 5 nitrogen and oxygen atoms in total. The summed E-state index contributed by atoms with van der Waals surface area (Å²) in [7, 11) is 2.02. The molecule has 2 aromatic carbocycles. The number of nitrogens with zero attached hydrogens (tertiary/aromatic N) is 3. The fourth-order valence-electron chi connectivity index (χ4n) is 2.30. The third kappa shape index (κ3) is 4.29. The molecule has 0 unspecified atom stereocenters. The lowest BCUT2D eigenvalue weighted by atomic mass is 10.2. The first-order valence-corrected chi connectivity index (χ1v) is 7.87. The zero-order chi connectivity index (χ0) is 17.5. The van der Waals surface area contributed by atoms with Crippen LogP contribution in [0.4, 0.5) is 11.4 Å². The monoisotopic (exact) mass is 330 g/mol. The molecule has 0 saturated carbocycles. The Morgan fingerprint density at radius 1 is 0.960 bits per heavy atom. The smallest absolute Gasteiger partial charge is 0.289 e. The first-order chi connectivity index (χ1) is 12.2. The van der Waals surface area contributed by atoms with Crippen molar-refractivity contribution in [2.24, 2.45) is 5.10 Å². The Labute approximate surface area is 146 Å². The van der Waals surface area contributed by atoms with E-state index in [1.807, 2.05) is 49.5 Å². The average molecular weight is 330 g/mol. The van der Waals surface area contributed by atoms with Crippen LogP contribution >= 0.6 is 0 Å². The number of para-hydroxylation sites is 1. The van der Waals surface area contributed by atoms with E-state index in [-0.39, 0.29) is 5.91 Å². The number of hydrogen-bond donors (Lipinski definition) is 1. The fourth-order valence-corrected chi connectivity index (χ4v) is 2.30. The van der Waals surface area contributed by atoms with Crippen LogP contribution in [0.15, 0.2) is 84.1 Å². The number of amides is 1. The van der Waals surface area contributed by atoms with Crippen molar-refractivity contribution in [1.82, 2.24) is 10.4 Å². The number of anilines is 2. The van der Waals surface area contributed by atoms with Gasteiger partial charge in [-0.2, -0.15) is 5.10 Å². The van der Waals surface area contributed by atoms with Crippen LogP contribution in [0.2, 0.25) is 0 Å². The van der Waals surface area contributed by atoms with Gasteiger partial charge >= 0.3 is 0 Å². The summed E-state index contributed by atoms with van der Waals surface area (Å²) < 4.78 is 0. The Bertz CT molecular complexity index is 846. The van der Waals surface area contributed by atoms with Crippen LogP contribution in [0.25, 0.3) is 0 Å². The van der Waals surface area contributed by atoms with Crippen molar-refractivity contribution < 1.29 is 4.79 Å². The minimum Gasteiger partial charge on any atom is -0.345 e. The van der Waals surface area contributed by atoms with Crippen molar-refractivity contribution >= 4 is 23.5 Å². The molecule has 1 heterocycles. The summed E-state index contributed by atoms with van der Waals surface area (Å²) in [6.07, 6.45) is 3.17. The average Bonchev–Trinajstić information content (AvgIpc) is 2.69. The van der Waals surface area contributed by atoms with Crippen LogP contribution in [0, 0.1) is 0 Å². The quantitative estimate of drug-likeness (QED) is 0.574. The topological polar surface area (TPSA) is 57.6 Å². The van der Waals surface area contributed by atoms with E-state index in [2.05, 4.69) is 32.5 Å². The Morgan fingerprint density at radius 3 is 2.32 bits per heavy atom. The first kappa shape index (κ1) is 16.4. The van der Waals surface area contributed by atoms with Crippen LogP contribution in [0.5, 0.6) is 0 Å².